The average Bonchev–Trinajstić information content (AvgIpc) is 3.14. The van der Waals surface area contributed by atoms with Gasteiger partial charge in [0, 0.05) is 11.1 Å². The maximum Gasteiger partial charge on any atom is 0.435 e. The topological polar surface area (TPSA) is 60.9 Å². The molecule has 0 aliphatic carbocycles. The number of carbonyl (C=O) groups excluding carboxylic acids is 1. The Morgan fingerprint density at radius 1 is 1.00 bits per heavy atom. The summed E-state index contributed by atoms with van der Waals surface area (Å²) in [4.78, 5) is 11.3. The molecule has 4 rings (SSSR count). The molecule has 1 heterocycles. The number of amides is 1. The summed E-state index contributed by atoms with van der Waals surface area (Å²) in [6.07, 6.45) is -4.58. The number of carbonyl (C=O) groups is 1. The monoisotopic (exact) mass is 395 g/mol. The van der Waals surface area contributed by atoms with Gasteiger partial charge in [-0.3, -0.25) is 4.79 Å². The second kappa shape index (κ2) is 6.77. The molecule has 0 spiro atoms. The molecule has 0 aliphatic heterocycles. The highest BCUT2D eigenvalue weighted by Gasteiger charge is 2.35. The fourth-order valence-electron chi connectivity index (χ4n) is 3.29. The van der Waals surface area contributed by atoms with E-state index in [1.165, 1.54) is 28.9 Å². The molecule has 0 fully saturated rings. The van der Waals surface area contributed by atoms with Gasteiger partial charge in [0.25, 0.3) is 0 Å². The lowest BCUT2D eigenvalue weighted by Gasteiger charge is -2.10. The first-order valence-electron chi connectivity index (χ1n) is 8.81. The number of nitrogens with zero attached hydrogens (tertiary/aromatic N) is 2. The minimum Gasteiger partial charge on any atom is -0.366 e. The molecule has 0 unspecified atom stereocenters. The van der Waals surface area contributed by atoms with Crippen LogP contribution in [0.2, 0.25) is 0 Å². The van der Waals surface area contributed by atoms with Crippen LogP contribution in [0, 0.1) is 6.92 Å². The third kappa shape index (κ3) is 3.47. The Hall–Kier alpha value is -3.61. The molecule has 1 aromatic heterocycles. The quantitative estimate of drug-likeness (QED) is 0.523. The first kappa shape index (κ1) is 18.7. The summed E-state index contributed by atoms with van der Waals surface area (Å²) in [5, 5.41) is 5.73. The summed E-state index contributed by atoms with van der Waals surface area (Å²) in [7, 11) is 0. The van der Waals surface area contributed by atoms with Crippen LogP contribution in [0.25, 0.3) is 27.7 Å². The minimum atomic E-state index is -4.58. The number of nitrogens with two attached hydrogens (primary N) is 1. The van der Waals surface area contributed by atoms with E-state index in [1.807, 2.05) is 37.3 Å². The number of aromatic nitrogens is 2. The van der Waals surface area contributed by atoms with Crippen molar-refractivity contribution in [2.75, 3.05) is 0 Å². The number of hydrogen-bond acceptors (Lipinski definition) is 2. The van der Waals surface area contributed by atoms with Crippen molar-refractivity contribution in [3.8, 4) is 16.9 Å². The van der Waals surface area contributed by atoms with Crippen LogP contribution in [0.4, 0.5) is 13.2 Å². The van der Waals surface area contributed by atoms with Crippen LogP contribution in [-0.4, -0.2) is 15.7 Å². The molecule has 0 saturated heterocycles. The Morgan fingerprint density at radius 2 is 1.72 bits per heavy atom. The van der Waals surface area contributed by atoms with Gasteiger partial charge in [0.05, 0.1) is 11.4 Å². The molecule has 0 bridgehead atoms. The summed E-state index contributed by atoms with van der Waals surface area (Å²) in [6.45, 7) is 1.98. The molecule has 0 radical (unpaired) electrons. The minimum absolute atomic E-state index is 0.264. The zero-order valence-electron chi connectivity index (χ0n) is 15.4. The maximum absolute atomic E-state index is 13.4. The zero-order chi connectivity index (χ0) is 20.8. The molecule has 2 N–H and O–H groups in total. The van der Waals surface area contributed by atoms with E-state index >= 15 is 0 Å². The standard InChI is InChI=1S/C22H16F3N3O/c1-13-3-2-4-15-11-16(7-10-18(13)15)19-12-20(22(23,24)25)27-28(19)17-8-5-14(6-9-17)21(26)29/h2-12H,1H3,(H2,26,29). The molecular weight excluding hydrogens is 379 g/mol. The molecule has 0 atom stereocenters. The van der Waals surface area contributed by atoms with Crippen molar-refractivity contribution in [2.45, 2.75) is 13.1 Å². The van der Waals surface area contributed by atoms with E-state index < -0.39 is 17.8 Å². The van der Waals surface area contributed by atoms with Crippen LogP contribution in [0.15, 0.2) is 66.7 Å². The van der Waals surface area contributed by atoms with Gasteiger partial charge >= 0.3 is 6.18 Å². The van der Waals surface area contributed by atoms with Crippen LogP contribution in [-0.2, 0) is 6.18 Å². The summed E-state index contributed by atoms with van der Waals surface area (Å²) in [5.41, 5.74) is 6.89. The molecule has 29 heavy (non-hydrogen) atoms. The number of halogens is 3. The first-order valence-corrected chi connectivity index (χ1v) is 8.81. The summed E-state index contributed by atoms with van der Waals surface area (Å²) in [5.74, 6) is -0.613. The molecule has 146 valence electrons. The van der Waals surface area contributed by atoms with E-state index in [4.69, 9.17) is 5.73 Å². The van der Waals surface area contributed by atoms with Crippen LogP contribution in [0.3, 0.4) is 0 Å². The van der Waals surface area contributed by atoms with Gasteiger partial charge in [-0.1, -0.05) is 30.3 Å². The smallest absolute Gasteiger partial charge is 0.366 e. The normalized spacial score (nSPS) is 11.7. The van der Waals surface area contributed by atoms with Gasteiger partial charge in [0.15, 0.2) is 5.69 Å². The Balaban J connectivity index is 1.90. The molecule has 0 aliphatic rings. The number of primary amides is 1. The third-order valence-corrected chi connectivity index (χ3v) is 4.79. The van der Waals surface area contributed by atoms with Gasteiger partial charge in [-0.05, 0) is 59.7 Å². The van der Waals surface area contributed by atoms with Crippen molar-refractivity contribution in [1.82, 2.24) is 9.78 Å². The highest BCUT2D eigenvalue weighted by molar-refractivity contribution is 5.93. The Kier molecular flexibility index (Phi) is 4.38. The number of fused-ring (bicyclic) bond motifs is 1. The molecular formula is C22H16F3N3O. The molecule has 0 saturated carbocycles. The Morgan fingerprint density at radius 3 is 2.38 bits per heavy atom. The lowest BCUT2D eigenvalue weighted by Crippen LogP contribution is -2.11. The van der Waals surface area contributed by atoms with Crippen LogP contribution < -0.4 is 5.73 Å². The van der Waals surface area contributed by atoms with E-state index in [0.29, 0.717) is 16.9 Å². The van der Waals surface area contributed by atoms with Gasteiger partial charge in [-0.15, -0.1) is 0 Å². The Bertz CT molecular complexity index is 1220. The number of rotatable bonds is 3. The van der Waals surface area contributed by atoms with E-state index in [0.717, 1.165) is 22.4 Å². The van der Waals surface area contributed by atoms with Gasteiger partial charge in [0.1, 0.15) is 0 Å². The van der Waals surface area contributed by atoms with Crippen molar-refractivity contribution in [3.63, 3.8) is 0 Å². The molecule has 4 aromatic rings. The fraction of sp³-hybridized carbons (Fsp3) is 0.0909. The summed E-state index contributed by atoms with van der Waals surface area (Å²) < 4.78 is 41.3. The second-order valence-electron chi connectivity index (χ2n) is 6.75. The van der Waals surface area contributed by atoms with E-state index in [2.05, 4.69) is 5.10 Å². The van der Waals surface area contributed by atoms with Gasteiger partial charge in [-0.2, -0.15) is 18.3 Å². The van der Waals surface area contributed by atoms with E-state index in [9.17, 15) is 18.0 Å². The molecule has 1 amide bonds. The predicted molar refractivity (Wildman–Crippen MR) is 105 cm³/mol. The average molecular weight is 395 g/mol. The van der Waals surface area contributed by atoms with Gasteiger partial charge in [0.2, 0.25) is 5.91 Å². The van der Waals surface area contributed by atoms with Crippen molar-refractivity contribution in [2.24, 2.45) is 5.73 Å². The number of alkyl halides is 3. The largest absolute Gasteiger partial charge is 0.435 e. The SMILES string of the molecule is Cc1cccc2cc(-c3cc(C(F)(F)F)nn3-c3ccc(C(N)=O)cc3)ccc12. The van der Waals surface area contributed by atoms with Crippen LogP contribution in [0.5, 0.6) is 0 Å². The van der Waals surface area contributed by atoms with Crippen LogP contribution in [0.1, 0.15) is 21.6 Å². The van der Waals surface area contributed by atoms with Gasteiger partial charge < -0.3 is 5.73 Å². The zero-order valence-corrected chi connectivity index (χ0v) is 15.4. The lowest BCUT2D eigenvalue weighted by atomic mass is 10.0. The third-order valence-electron chi connectivity index (χ3n) is 4.79. The van der Waals surface area contributed by atoms with Crippen molar-refractivity contribution < 1.29 is 18.0 Å². The van der Waals surface area contributed by atoms with Crippen LogP contribution >= 0.6 is 0 Å². The van der Waals surface area contributed by atoms with Crippen molar-refractivity contribution >= 4 is 16.7 Å². The molecule has 7 heteroatoms. The fourth-order valence-corrected chi connectivity index (χ4v) is 3.29. The van der Waals surface area contributed by atoms with Gasteiger partial charge in [-0.25, -0.2) is 4.68 Å². The lowest BCUT2D eigenvalue weighted by molar-refractivity contribution is -0.141. The summed E-state index contributed by atoms with van der Waals surface area (Å²) in [6, 6.07) is 18.3. The number of hydrogen-bond donors (Lipinski definition) is 1. The Labute approximate surface area is 164 Å². The van der Waals surface area contributed by atoms with E-state index in [1.54, 1.807) is 6.07 Å². The predicted octanol–water partition coefficient (Wildman–Crippen LogP) is 5.12. The summed E-state index contributed by atoms with van der Waals surface area (Å²) >= 11 is 0. The highest BCUT2D eigenvalue weighted by Crippen LogP contribution is 2.34. The molecule has 3 aromatic carbocycles. The molecule has 4 nitrogen and oxygen atoms in total. The number of benzene rings is 3. The van der Waals surface area contributed by atoms with Crippen molar-refractivity contribution in [1.29, 1.82) is 0 Å². The van der Waals surface area contributed by atoms with Crippen molar-refractivity contribution in [3.05, 3.63) is 83.6 Å². The maximum atomic E-state index is 13.4. The number of aryl methyl sites for hydroxylation is 1. The second-order valence-corrected chi connectivity index (χ2v) is 6.75. The first-order chi connectivity index (χ1) is 13.7. The van der Waals surface area contributed by atoms with E-state index in [-0.39, 0.29) is 5.56 Å². The highest BCUT2D eigenvalue weighted by atomic mass is 19.4.